The third kappa shape index (κ3) is 4.32. The Bertz CT molecular complexity index is 647. The molecular weight excluding hydrogens is 322 g/mol. The van der Waals surface area contributed by atoms with Gasteiger partial charge < -0.3 is 19.9 Å². The largest absolute Gasteiger partial charge is 0.493 e. The highest BCUT2D eigenvalue weighted by molar-refractivity contribution is 5.98. The first kappa shape index (κ1) is 18.8. The molecule has 136 valence electrons. The van der Waals surface area contributed by atoms with E-state index in [2.05, 4.69) is 18.8 Å². The van der Waals surface area contributed by atoms with Crippen LogP contribution in [0.5, 0.6) is 11.5 Å². The van der Waals surface area contributed by atoms with Gasteiger partial charge in [-0.15, -0.1) is 0 Å². The Morgan fingerprint density at radius 3 is 2.60 bits per heavy atom. The van der Waals surface area contributed by atoms with Crippen LogP contribution in [0.3, 0.4) is 0 Å². The number of methoxy groups -OCH3 is 1. The number of aliphatic carboxylic acids is 1. The zero-order valence-electron chi connectivity index (χ0n) is 14.7. The minimum atomic E-state index is -1.20. The Balaban J connectivity index is 2.18. The summed E-state index contributed by atoms with van der Waals surface area (Å²) in [4.78, 5) is 24.4. The zero-order chi connectivity index (χ0) is 18.4. The summed E-state index contributed by atoms with van der Waals surface area (Å²) < 4.78 is 10.7. The van der Waals surface area contributed by atoms with Crippen molar-refractivity contribution in [2.75, 3.05) is 13.7 Å². The summed E-state index contributed by atoms with van der Waals surface area (Å²) >= 11 is 0. The standard InChI is InChI=1S/C19H25NO5/c1-4-11-25-15-6-5-14(12-16(15)24-3)17(21)20-19(18(22)23)9-7-13(2)8-10-19/h4-6,12-13H,1,7-11H2,2-3H3,(H,20,21)(H,22,23). The second kappa shape index (κ2) is 8.05. The first-order valence-corrected chi connectivity index (χ1v) is 8.39. The Kier molecular flexibility index (Phi) is 6.07. The Morgan fingerprint density at radius 2 is 2.04 bits per heavy atom. The average Bonchev–Trinajstić information content (AvgIpc) is 2.61. The third-order valence-electron chi connectivity index (χ3n) is 4.67. The summed E-state index contributed by atoms with van der Waals surface area (Å²) in [7, 11) is 1.49. The summed E-state index contributed by atoms with van der Waals surface area (Å²) in [5.74, 6) is -0.0172. The molecule has 0 spiro atoms. The molecule has 0 aliphatic heterocycles. The maximum absolute atomic E-state index is 12.6. The van der Waals surface area contributed by atoms with Crippen LogP contribution in [0.15, 0.2) is 30.9 Å². The number of hydrogen-bond acceptors (Lipinski definition) is 4. The fraction of sp³-hybridized carbons (Fsp3) is 0.474. The maximum Gasteiger partial charge on any atom is 0.329 e. The van der Waals surface area contributed by atoms with E-state index in [4.69, 9.17) is 9.47 Å². The van der Waals surface area contributed by atoms with Gasteiger partial charge in [0.05, 0.1) is 7.11 Å². The van der Waals surface area contributed by atoms with Crippen LogP contribution in [-0.4, -0.2) is 36.2 Å². The monoisotopic (exact) mass is 347 g/mol. The van der Waals surface area contributed by atoms with Gasteiger partial charge >= 0.3 is 5.97 Å². The van der Waals surface area contributed by atoms with Gasteiger partial charge in [0.15, 0.2) is 11.5 Å². The van der Waals surface area contributed by atoms with Crippen molar-refractivity contribution in [3.05, 3.63) is 36.4 Å². The molecule has 0 heterocycles. The normalized spacial score (nSPS) is 22.7. The Labute approximate surface area is 147 Å². The lowest BCUT2D eigenvalue weighted by Gasteiger charge is -2.36. The number of carbonyl (C=O) groups excluding carboxylic acids is 1. The number of carboxylic acid groups (broad SMARTS) is 1. The van der Waals surface area contributed by atoms with Crippen molar-refractivity contribution >= 4 is 11.9 Å². The topological polar surface area (TPSA) is 84.9 Å². The molecule has 1 amide bonds. The Hall–Kier alpha value is -2.50. The minimum absolute atomic E-state index is 0.322. The quantitative estimate of drug-likeness (QED) is 0.741. The van der Waals surface area contributed by atoms with E-state index in [0.29, 0.717) is 42.4 Å². The molecule has 0 aromatic heterocycles. The van der Waals surface area contributed by atoms with Crippen LogP contribution in [0.25, 0.3) is 0 Å². The molecule has 1 aromatic rings. The van der Waals surface area contributed by atoms with Gasteiger partial charge in [-0.05, 0) is 49.8 Å². The van der Waals surface area contributed by atoms with Crippen LogP contribution in [0.2, 0.25) is 0 Å². The lowest BCUT2D eigenvalue weighted by atomic mass is 9.77. The number of benzene rings is 1. The SMILES string of the molecule is C=CCOc1ccc(C(=O)NC2(C(=O)O)CCC(C)CC2)cc1OC. The van der Waals surface area contributed by atoms with Gasteiger partial charge in [-0.2, -0.15) is 0 Å². The molecule has 1 aliphatic rings. The van der Waals surface area contributed by atoms with Crippen LogP contribution < -0.4 is 14.8 Å². The second-order valence-corrected chi connectivity index (χ2v) is 6.49. The number of carboxylic acids is 1. The number of nitrogens with one attached hydrogen (secondary N) is 1. The highest BCUT2D eigenvalue weighted by Crippen LogP contribution is 2.33. The number of carbonyl (C=O) groups is 2. The average molecular weight is 347 g/mol. The summed E-state index contributed by atoms with van der Waals surface area (Å²) in [5, 5.41) is 12.4. The van der Waals surface area contributed by atoms with Crippen LogP contribution in [0, 0.1) is 5.92 Å². The fourth-order valence-electron chi connectivity index (χ4n) is 3.01. The van der Waals surface area contributed by atoms with Crippen molar-refractivity contribution in [2.45, 2.75) is 38.1 Å². The van der Waals surface area contributed by atoms with E-state index < -0.39 is 17.4 Å². The van der Waals surface area contributed by atoms with E-state index >= 15 is 0 Å². The molecule has 2 N–H and O–H groups in total. The lowest BCUT2D eigenvalue weighted by molar-refractivity contribution is -0.146. The first-order chi connectivity index (χ1) is 11.9. The van der Waals surface area contributed by atoms with Gasteiger partial charge in [0.25, 0.3) is 5.91 Å². The maximum atomic E-state index is 12.6. The molecule has 1 saturated carbocycles. The number of rotatable bonds is 7. The van der Waals surface area contributed by atoms with Crippen LogP contribution >= 0.6 is 0 Å². The van der Waals surface area contributed by atoms with Crippen molar-refractivity contribution in [2.24, 2.45) is 5.92 Å². The van der Waals surface area contributed by atoms with Gasteiger partial charge in [0.2, 0.25) is 0 Å². The highest BCUT2D eigenvalue weighted by Gasteiger charge is 2.42. The molecule has 0 saturated heterocycles. The van der Waals surface area contributed by atoms with E-state index in [-0.39, 0.29) is 0 Å². The summed E-state index contributed by atoms with van der Waals surface area (Å²) in [6.45, 7) is 6.01. The fourth-order valence-corrected chi connectivity index (χ4v) is 3.01. The summed E-state index contributed by atoms with van der Waals surface area (Å²) in [6.07, 6.45) is 4.05. The van der Waals surface area contributed by atoms with Crippen LogP contribution in [0.4, 0.5) is 0 Å². The van der Waals surface area contributed by atoms with E-state index in [1.807, 2.05) is 0 Å². The first-order valence-electron chi connectivity index (χ1n) is 8.39. The lowest BCUT2D eigenvalue weighted by Crippen LogP contribution is -2.56. The molecule has 1 fully saturated rings. The molecule has 0 atom stereocenters. The van der Waals surface area contributed by atoms with E-state index in [1.54, 1.807) is 24.3 Å². The highest BCUT2D eigenvalue weighted by atomic mass is 16.5. The van der Waals surface area contributed by atoms with Gasteiger partial charge in [-0.3, -0.25) is 4.79 Å². The zero-order valence-corrected chi connectivity index (χ0v) is 14.7. The molecule has 1 aliphatic carbocycles. The molecule has 6 nitrogen and oxygen atoms in total. The number of ether oxygens (including phenoxy) is 2. The second-order valence-electron chi connectivity index (χ2n) is 6.49. The van der Waals surface area contributed by atoms with E-state index in [1.165, 1.54) is 7.11 Å². The van der Waals surface area contributed by atoms with Crippen molar-refractivity contribution in [1.82, 2.24) is 5.32 Å². The van der Waals surface area contributed by atoms with E-state index in [9.17, 15) is 14.7 Å². The third-order valence-corrected chi connectivity index (χ3v) is 4.67. The van der Waals surface area contributed by atoms with Crippen molar-refractivity contribution in [3.8, 4) is 11.5 Å². The summed E-state index contributed by atoms with van der Waals surface area (Å²) in [6, 6.07) is 4.78. The molecule has 0 unspecified atom stereocenters. The summed E-state index contributed by atoms with van der Waals surface area (Å²) in [5.41, 5.74) is -0.864. The molecular formula is C19H25NO5. The van der Waals surface area contributed by atoms with Gasteiger partial charge in [-0.25, -0.2) is 4.79 Å². The molecule has 0 bridgehead atoms. The number of hydrogen-bond donors (Lipinski definition) is 2. The minimum Gasteiger partial charge on any atom is -0.493 e. The predicted octanol–water partition coefficient (Wildman–Crippen LogP) is 3.02. The molecule has 6 heteroatoms. The predicted molar refractivity (Wildman–Crippen MR) is 94.2 cm³/mol. The van der Waals surface area contributed by atoms with Crippen LogP contribution in [-0.2, 0) is 4.79 Å². The van der Waals surface area contributed by atoms with Gasteiger partial charge in [0.1, 0.15) is 12.1 Å². The van der Waals surface area contributed by atoms with E-state index in [0.717, 1.165) is 12.8 Å². The molecule has 2 rings (SSSR count). The molecule has 1 aromatic carbocycles. The molecule has 25 heavy (non-hydrogen) atoms. The van der Waals surface area contributed by atoms with Gasteiger partial charge in [0, 0.05) is 5.56 Å². The van der Waals surface area contributed by atoms with Crippen LogP contribution in [0.1, 0.15) is 43.0 Å². The van der Waals surface area contributed by atoms with Crippen molar-refractivity contribution < 1.29 is 24.2 Å². The van der Waals surface area contributed by atoms with Crippen molar-refractivity contribution in [3.63, 3.8) is 0 Å². The Morgan fingerprint density at radius 1 is 1.36 bits per heavy atom. The smallest absolute Gasteiger partial charge is 0.329 e. The number of amides is 1. The molecule has 0 radical (unpaired) electrons. The van der Waals surface area contributed by atoms with Crippen molar-refractivity contribution in [1.29, 1.82) is 0 Å². The van der Waals surface area contributed by atoms with Gasteiger partial charge in [-0.1, -0.05) is 19.6 Å².